The van der Waals surface area contributed by atoms with Gasteiger partial charge < -0.3 is 4.90 Å². The molecule has 0 aliphatic heterocycles. The van der Waals surface area contributed by atoms with Crippen molar-refractivity contribution in [1.82, 2.24) is 19.7 Å². The molecule has 24 heavy (non-hydrogen) atoms. The molecule has 0 saturated carbocycles. The number of halogens is 3. The maximum atomic E-state index is 12.5. The lowest BCUT2D eigenvalue weighted by molar-refractivity contribution is -0.132. The standard InChI is InChI=1S/C16H16F3N5/c1-2-23(9-8-16(17,18)19)14-13-10-22-24(15(13)21-11-20-14)12-6-4-3-5-7-12/h3-7,10-11H,2,8-9H2,1H3. The molecule has 0 amide bonds. The number of aromatic nitrogens is 4. The van der Waals surface area contributed by atoms with Crippen molar-refractivity contribution < 1.29 is 13.2 Å². The lowest BCUT2D eigenvalue weighted by Gasteiger charge is -2.22. The number of nitrogens with zero attached hydrogens (tertiary/aromatic N) is 5. The van der Waals surface area contributed by atoms with E-state index in [0.29, 0.717) is 23.4 Å². The molecule has 0 unspecified atom stereocenters. The highest BCUT2D eigenvalue weighted by Gasteiger charge is 2.28. The summed E-state index contributed by atoms with van der Waals surface area (Å²) in [6.45, 7) is 2.06. The molecule has 0 spiro atoms. The molecule has 0 N–H and O–H groups in total. The first kappa shape index (κ1) is 16.2. The van der Waals surface area contributed by atoms with E-state index in [2.05, 4.69) is 15.1 Å². The highest BCUT2D eigenvalue weighted by molar-refractivity contribution is 5.87. The van der Waals surface area contributed by atoms with Gasteiger partial charge in [0.2, 0.25) is 0 Å². The fourth-order valence-corrected chi connectivity index (χ4v) is 2.52. The Morgan fingerprint density at radius 3 is 2.54 bits per heavy atom. The number of anilines is 1. The van der Waals surface area contributed by atoms with Crippen molar-refractivity contribution >= 4 is 16.9 Å². The van der Waals surface area contributed by atoms with Crippen LogP contribution in [0.15, 0.2) is 42.9 Å². The van der Waals surface area contributed by atoms with E-state index in [4.69, 9.17) is 0 Å². The zero-order chi connectivity index (χ0) is 17.2. The van der Waals surface area contributed by atoms with Crippen molar-refractivity contribution in [3.8, 4) is 5.69 Å². The summed E-state index contributed by atoms with van der Waals surface area (Å²) in [5.41, 5.74) is 1.40. The molecule has 0 aliphatic carbocycles. The SMILES string of the molecule is CCN(CCC(F)(F)F)c1ncnc2c1cnn2-c1ccccc1. The third kappa shape index (κ3) is 3.32. The van der Waals surface area contributed by atoms with Gasteiger partial charge in [-0.05, 0) is 19.1 Å². The van der Waals surface area contributed by atoms with Crippen molar-refractivity contribution in [3.05, 3.63) is 42.9 Å². The molecule has 3 rings (SSSR count). The second-order valence-corrected chi connectivity index (χ2v) is 5.27. The fourth-order valence-electron chi connectivity index (χ4n) is 2.52. The Bertz CT molecular complexity index is 813. The molecule has 0 aliphatic rings. The fraction of sp³-hybridized carbons (Fsp3) is 0.312. The first-order valence-electron chi connectivity index (χ1n) is 7.55. The number of hydrogen-bond acceptors (Lipinski definition) is 4. The van der Waals surface area contributed by atoms with Gasteiger partial charge in [0.15, 0.2) is 5.65 Å². The van der Waals surface area contributed by atoms with Crippen LogP contribution < -0.4 is 4.90 Å². The van der Waals surface area contributed by atoms with Gasteiger partial charge in [-0.3, -0.25) is 0 Å². The van der Waals surface area contributed by atoms with Crippen molar-refractivity contribution in [2.45, 2.75) is 19.5 Å². The third-order valence-electron chi connectivity index (χ3n) is 3.69. The molecular formula is C16H16F3N5. The van der Waals surface area contributed by atoms with E-state index in [1.807, 2.05) is 30.3 Å². The summed E-state index contributed by atoms with van der Waals surface area (Å²) in [5, 5.41) is 4.95. The highest BCUT2D eigenvalue weighted by Crippen LogP contribution is 2.26. The van der Waals surface area contributed by atoms with Crippen LogP contribution in [0.5, 0.6) is 0 Å². The summed E-state index contributed by atoms with van der Waals surface area (Å²) in [7, 11) is 0. The molecule has 0 radical (unpaired) electrons. The van der Waals surface area contributed by atoms with Crippen molar-refractivity contribution in [1.29, 1.82) is 0 Å². The van der Waals surface area contributed by atoms with Crippen LogP contribution in [-0.4, -0.2) is 39.0 Å². The topological polar surface area (TPSA) is 46.8 Å². The van der Waals surface area contributed by atoms with Gasteiger partial charge in [-0.2, -0.15) is 18.3 Å². The first-order valence-corrected chi connectivity index (χ1v) is 7.55. The Morgan fingerprint density at radius 2 is 1.88 bits per heavy atom. The monoisotopic (exact) mass is 335 g/mol. The smallest absolute Gasteiger partial charge is 0.356 e. The van der Waals surface area contributed by atoms with Crippen LogP contribution >= 0.6 is 0 Å². The zero-order valence-electron chi connectivity index (χ0n) is 13.0. The number of benzene rings is 1. The Hall–Kier alpha value is -2.64. The van der Waals surface area contributed by atoms with E-state index in [1.165, 1.54) is 6.33 Å². The number of rotatable bonds is 5. The maximum absolute atomic E-state index is 12.5. The number of alkyl halides is 3. The molecule has 2 aromatic heterocycles. The van der Waals surface area contributed by atoms with Crippen LogP contribution in [0.1, 0.15) is 13.3 Å². The Morgan fingerprint density at radius 1 is 1.12 bits per heavy atom. The van der Waals surface area contributed by atoms with Gasteiger partial charge in [0.25, 0.3) is 0 Å². The van der Waals surface area contributed by atoms with E-state index in [9.17, 15) is 13.2 Å². The van der Waals surface area contributed by atoms with Crippen LogP contribution in [0.25, 0.3) is 16.7 Å². The largest absolute Gasteiger partial charge is 0.390 e. The Labute approximate surface area is 136 Å². The minimum absolute atomic E-state index is 0.150. The molecule has 5 nitrogen and oxygen atoms in total. The summed E-state index contributed by atoms with van der Waals surface area (Å²) in [4.78, 5) is 10.0. The first-order chi connectivity index (χ1) is 11.5. The minimum atomic E-state index is -4.20. The van der Waals surface area contributed by atoms with E-state index in [0.717, 1.165) is 5.69 Å². The Balaban J connectivity index is 1.99. The molecule has 126 valence electrons. The third-order valence-corrected chi connectivity index (χ3v) is 3.69. The molecular weight excluding hydrogens is 319 g/mol. The summed E-state index contributed by atoms with van der Waals surface area (Å²) in [6, 6.07) is 9.43. The summed E-state index contributed by atoms with van der Waals surface area (Å²) < 4.78 is 39.2. The molecule has 0 bridgehead atoms. The van der Waals surface area contributed by atoms with Gasteiger partial charge in [0.1, 0.15) is 12.1 Å². The maximum Gasteiger partial charge on any atom is 0.390 e. The van der Waals surface area contributed by atoms with Crippen LogP contribution in [0, 0.1) is 0 Å². The van der Waals surface area contributed by atoms with Crippen molar-refractivity contribution in [2.24, 2.45) is 0 Å². The molecule has 0 atom stereocenters. The van der Waals surface area contributed by atoms with E-state index in [-0.39, 0.29) is 6.54 Å². The molecule has 8 heteroatoms. The molecule has 0 fully saturated rings. The van der Waals surface area contributed by atoms with Crippen LogP contribution in [-0.2, 0) is 0 Å². The lowest BCUT2D eigenvalue weighted by Crippen LogP contribution is -2.28. The second-order valence-electron chi connectivity index (χ2n) is 5.27. The highest BCUT2D eigenvalue weighted by atomic mass is 19.4. The molecule has 2 heterocycles. The number of hydrogen-bond donors (Lipinski definition) is 0. The molecule has 3 aromatic rings. The average Bonchev–Trinajstić information content (AvgIpc) is 3.00. The Kier molecular flexibility index (Phi) is 4.37. The van der Waals surface area contributed by atoms with Crippen LogP contribution in [0.2, 0.25) is 0 Å². The molecule has 1 aromatic carbocycles. The van der Waals surface area contributed by atoms with Gasteiger partial charge >= 0.3 is 6.18 Å². The zero-order valence-corrected chi connectivity index (χ0v) is 13.0. The van der Waals surface area contributed by atoms with E-state index >= 15 is 0 Å². The van der Waals surface area contributed by atoms with Crippen LogP contribution in [0.4, 0.5) is 19.0 Å². The summed E-state index contributed by atoms with van der Waals surface area (Å²) in [5.74, 6) is 0.467. The predicted octanol–water partition coefficient (Wildman–Crippen LogP) is 3.59. The van der Waals surface area contributed by atoms with Gasteiger partial charge in [-0.1, -0.05) is 18.2 Å². The summed E-state index contributed by atoms with van der Waals surface area (Å²) in [6.07, 6.45) is -2.14. The van der Waals surface area contributed by atoms with E-state index in [1.54, 1.807) is 22.7 Å². The summed E-state index contributed by atoms with van der Waals surface area (Å²) >= 11 is 0. The van der Waals surface area contributed by atoms with Crippen molar-refractivity contribution in [3.63, 3.8) is 0 Å². The minimum Gasteiger partial charge on any atom is -0.356 e. The normalized spacial score (nSPS) is 11.8. The quantitative estimate of drug-likeness (QED) is 0.715. The van der Waals surface area contributed by atoms with Gasteiger partial charge in [-0.25, -0.2) is 14.6 Å². The number of para-hydroxylation sites is 1. The average molecular weight is 335 g/mol. The number of fused-ring (bicyclic) bond motifs is 1. The lowest BCUT2D eigenvalue weighted by atomic mass is 10.3. The van der Waals surface area contributed by atoms with Crippen molar-refractivity contribution in [2.75, 3.05) is 18.0 Å². The van der Waals surface area contributed by atoms with Gasteiger partial charge in [0.05, 0.1) is 23.7 Å². The molecule has 0 saturated heterocycles. The van der Waals surface area contributed by atoms with Gasteiger partial charge in [-0.15, -0.1) is 0 Å². The van der Waals surface area contributed by atoms with E-state index < -0.39 is 12.6 Å². The predicted molar refractivity (Wildman–Crippen MR) is 85.2 cm³/mol. The van der Waals surface area contributed by atoms with Crippen LogP contribution in [0.3, 0.4) is 0 Å². The van der Waals surface area contributed by atoms with Gasteiger partial charge in [0, 0.05) is 13.1 Å². The second kappa shape index (κ2) is 6.46.